The zero-order chi connectivity index (χ0) is 21.7. The highest BCUT2D eigenvalue weighted by atomic mass is 32.1. The Labute approximate surface area is 180 Å². The standard InChI is InChI=1S/C23H24N2O4S/c1-23(2,3)22(27)25(4)18-8-10-19(11-9-18)29-21(26)16-6-5-7-20(12-16)28-13-17-14-30-15-24-17/h5-12,14-15H,13H2,1-4H3. The number of thiazole rings is 1. The van der Waals surface area contributed by atoms with Crippen molar-refractivity contribution in [1.29, 1.82) is 0 Å². The number of hydrogen-bond acceptors (Lipinski definition) is 6. The fourth-order valence-electron chi connectivity index (χ4n) is 2.70. The molecule has 3 aromatic rings. The molecule has 0 aliphatic rings. The average Bonchev–Trinajstić information content (AvgIpc) is 3.25. The first-order valence-electron chi connectivity index (χ1n) is 9.44. The van der Waals surface area contributed by atoms with Gasteiger partial charge in [0.2, 0.25) is 5.91 Å². The van der Waals surface area contributed by atoms with E-state index < -0.39 is 11.4 Å². The number of anilines is 1. The first-order chi connectivity index (χ1) is 14.2. The Balaban J connectivity index is 1.63. The zero-order valence-corrected chi connectivity index (χ0v) is 18.2. The lowest BCUT2D eigenvalue weighted by molar-refractivity contribution is -0.125. The molecule has 1 aromatic heterocycles. The predicted octanol–water partition coefficient (Wildman–Crippen LogP) is 4.95. The van der Waals surface area contributed by atoms with Crippen LogP contribution in [0.1, 0.15) is 36.8 Å². The average molecular weight is 425 g/mol. The molecule has 2 aromatic carbocycles. The van der Waals surface area contributed by atoms with Crippen molar-refractivity contribution in [2.75, 3.05) is 11.9 Å². The molecule has 0 unspecified atom stereocenters. The minimum absolute atomic E-state index is 0.00158. The van der Waals surface area contributed by atoms with E-state index in [1.54, 1.807) is 66.0 Å². The van der Waals surface area contributed by atoms with Gasteiger partial charge in [-0.15, -0.1) is 11.3 Å². The van der Waals surface area contributed by atoms with Crippen LogP contribution in [-0.4, -0.2) is 23.9 Å². The molecule has 1 amide bonds. The Morgan fingerprint density at radius 2 is 1.80 bits per heavy atom. The minimum atomic E-state index is -0.485. The monoisotopic (exact) mass is 424 g/mol. The maximum Gasteiger partial charge on any atom is 0.343 e. The third-order valence-electron chi connectivity index (χ3n) is 4.32. The quantitative estimate of drug-likeness (QED) is 0.414. The van der Waals surface area contributed by atoms with E-state index in [2.05, 4.69) is 4.98 Å². The van der Waals surface area contributed by atoms with Crippen LogP contribution >= 0.6 is 11.3 Å². The molecule has 3 rings (SSSR count). The summed E-state index contributed by atoms with van der Waals surface area (Å²) in [4.78, 5) is 30.7. The number of rotatable bonds is 6. The smallest absolute Gasteiger partial charge is 0.343 e. The number of carbonyl (C=O) groups excluding carboxylic acids is 2. The maximum absolute atomic E-state index is 12.5. The molecular formula is C23H24N2O4S. The lowest BCUT2D eigenvalue weighted by Crippen LogP contribution is -2.36. The van der Waals surface area contributed by atoms with Crippen LogP contribution < -0.4 is 14.4 Å². The van der Waals surface area contributed by atoms with Gasteiger partial charge in [0.1, 0.15) is 18.1 Å². The summed E-state index contributed by atoms with van der Waals surface area (Å²) in [6, 6.07) is 13.7. The van der Waals surface area contributed by atoms with E-state index in [0.29, 0.717) is 23.7 Å². The van der Waals surface area contributed by atoms with Crippen LogP contribution in [0.25, 0.3) is 0 Å². The Morgan fingerprint density at radius 1 is 1.07 bits per heavy atom. The molecule has 0 spiro atoms. The number of hydrogen-bond donors (Lipinski definition) is 0. The Morgan fingerprint density at radius 3 is 2.43 bits per heavy atom. The highest BCUT2D eigenvalue weighted by Crippen LogP contribution is 2.25. The van der Waals surface area contributed by atoms with Crippen molar-refractivity contribution < 1.29 is 19.1 Å². The zero-order valence-electron chi connectivity index (χ0n) is 17.4. The van der Waals surface area contributed by atoms with Gasteiger partial charge in [-0.1, -0.05) is 26.8 Å². The highest BCUT2D eigenvalue weighted by Gasteiger charge is 2.25. The summed E-state index contributed by atoms with van der Waals surface area (Å²) in [6.07, 6.45) is 0. The molecule has 6 nitrogen and oxygen atoms in total. The van der Waals surface area contributed by atoms with E-state index in [0.717, 1.165) is 11.4 Å². The molecule has 0 bridgehead atoms. The van der Waals surface area contributed by atoms with Gasteiger partial charge < -0.3 is 14.4 Å². The van der Waals surface area contributed by atoms with Gasteiger partial charge in [0, 0.05) is 23.5 Å². The summed E-state index contributed by atoms with van der Waals surface area (Å²) in [6.45, 7) is 5.95. The normalized spacial score (nSPS) is 11.1. The van der Waals surface area contributed by atoms with Crippen molar-refractivity contribution in [2.24, 2.45) is 5.41 Å². The van der Waals surface area contributed by atoms with Crippen LogP contribution in [0.3, 0.4) is 0 Å². The van der Waals surface area contributed by atoms with Gasteiger partial charge in [0.25, 0.3) is 0 Å². The van der Waals surface area contributed by atoms with Gasteiger partial charge in [0.05, 0.1) is 16.8 Å². The van der Waals surface area contributed by atoms with Crippen molar-refractivity contribution in [2.45, 2.75) is 27.4 Å². The lowest BCUT2D eigenvalue weighted by atomic mass is 9.95. The molecule has 1 heterocycles. The SMILES string of the molecule is CN(C(=O)C(C)(C)C)c1ccc(OC(=O)c2cccc(OCc3cscn3)c2)cc1. The maximum atomic E-state index is 12.5. The summed E-state index contributed by atoms with van der Waals surface area (Å²) >= 11 is 1.50. The molecular weight excluding hydrogens is 400 g/mol. The molecule has 0 fully saturated rings. The van der Waals surface area contributed by atoms with Crippen LogP contribution in [0.5, 0.6) is 11.5 Å². The largest absolute Gasteiger partial charge is 0.487 e. The molecule has 30 heavy (non-hydrogen) atoms. The fraction of sp³-hybridized carbons (Fsp3) is 0.261. The van der Waals surface area contributed by atoms with Crippen molar-refractivity contribution in [3.05, 3.63) is 70.7 Å². The van der Waals surface area contributed by atoms with Gasteiger partial charge in [-0.3, -0.25) is 4.79 Å². The van der Waals surface area contributed by atoms with Gasteiger partial charge in [0.15, 0.2) is 0 Å². The van der Waals surface area contributed by atoms with Gasteiger partial charge in [-0.2, -0.15) is 0 Å². The van der Waals surface area contributed by atoms with E-state index >= 15 is 0 Å². The van der Waals surface area contributed by atoms with E-state index in [9.17, 15) is 9.59 Å². The van der Waals surface area contributed by atoms with Crippen molar-refractivity contribution >= 4 is 28.9 Å². The fourth-order valence-corrected chi connectivity index (χ4v) is 3.25. The van der Waals surface area contributed by atoms with Crippen molar-refractivity contribution in [3.8, 4) is 11.5 Å². The molecule has 0 radical (unpaired) electrons. The van der Waals surface area contributed by atoms with Crippen LogP contribution in [0.2, 0.25) is 0 Å². The second-order valence-corrected chi connectivity index (χ2v) is 8.51. The van der Waals surface area contributed by atoms with Gasteiger partial charge >= 0.3 is 5.97 Å². The number of aromatic nitrogens is 1. The van der Waals surface area contributed by atoms with Crippen LogP contribution in [0.15, 0.2) is 59.4 Å². The number of amides is 1. The molecule has 0 saturated carbocycles. The summed E-state index contributed by atoms with van der Waals surface area (Å²) in [5.41, 5.74) is 3.21. The Bertz CT molecular complexity index is 1010. The number of ether oxygens (including phenoxy) is 2. The molecule has 0 saturated heterocycles. The lowest BCUT2D eigenvalue weighted by Gasteiger charge is -2.26. The van der Waals surface area contributed by atoms with E-state index in [1.807, 2.05) is 26.2 Å². The second kappa shape index (κ2) is 9.09. The highest BCUT2D eigenvalue weighted by molar-refractivity contribution is 7.07. The third-order valence-corrected chi connectivity index (χ3v) is 4.96. The van der Waals surface area contributed by atoms with E-state index in [4.69, 9.17) is 9.47 Å². The molecule has 0 N–H and O–H groups in total. The predicted molar refractivity (Wildman–Crippen MR) is 117 cm³/mol. The third kappa shape index (κ3) is 5.45. The number of nitrogens with zero attached hydrogens (tertiary/aromatic N) is 2. The van der Waals surface area contributed by atoms with Crippen molar-refractivity contribution in [1.82, 2.24) is 4.98 Å². The number of carbonyl (C=O) groups is 2. The van der Waals surface area contributed by atoms with Gasteiger partial charge in [-0.25, -0.2) is 9.78 Å². The Hall–Kier alpha value is -3.19. The summed E-state index contributed by atoms with van der Waals surface area (Å²) in [7, 11) is 1.73. The molecule has 0 aliphatic heterocycles. The first kappa shape index (κ1) is 21.5. The number of esters is 1. The number of benzene rings is 2. The van der Waals surface area contributed by atoms with Crippen LogP contribution in [0, 0.1) is 5.41 Å². The van der Waals surface area contributed by atoms with Crippen LogP contribution in [-0.2, 0) is 11.4 Å². The molecule has 0 aliphatic carbocycles. The van der Waals surface area contributed by atoms with E-state index in [1.165, 1.54) is 11.3 Å². The molecule has 0 atom stereocenters. The Kier molecular flexibility index (Phi) is 6.52. The molecule has 7 heteroatoms. The minimum Gasteiger partial charge on any atom is -0.487 e. The second-order valence-electron chi connectivity index (χ2n) is 7.79. The van der Waals surface area contributed by atoms with Crippen molar-refractivity contribution in [3.63, 3.8) is 0 Å². The topological polar surface area (TPSA) is 68.7 Å². The first-order valence-corrected chi connectivity index (χ1v) is 10.4. The van der Waals surface area contributed by atoms with Crippen LogP contribution in [0.4, 0.5) is 5.69 Å². The van der Waals surface area contributed by atoms with E-state index in [-0.39, 0.29) is 5.91 Å². The molecule has 156 valence electrons. The summed E-state index contributed by atoms with van der Waals surface area (Å²) in [5.74, 6) is 0.479. The van der Waals surface area contributed by atoms with Gasteiger partial charge in [-0.05, 0) is 42.5 Å². The summed E-state index contributed by atoms with van der Waals surface area (Å²) in [5, 5.41) is 1.91. The summed E-state index contributed by atoms with van der Waals surface area (Å²) < 4.78 is 11.1.